The Morgan fingerprint density at radius 3 is 2.91 bits per heavy atom. The number of carbonyl (C=O) groups is 1. The van der Waals surface area contributed by atoms with Gasteiger partial charge in [-0.15, -0.1) is 6.58 Å². The second-order valence-electron chi connectivity index (χ2n) is 5.52. The third kappa shape index (κ3) is 4.36. The zero-order valence-corrected chi connectivity index (χ0v) is 13.8. The summed E-state index contributed by atoms with van der Waals surface area (Å²) in [4.78, 5) is 13.5. The van der Waals surface area contributed by atoms with Gasteiger partial charge >= 0.3 is 5.97 Å². The summed E-state index contributed by atoms with van der Waals surface area (Å²) in [7, 11) is 1.64. The average molecular weight is 317 g/mol. The van der Waals surface area contributed by atoms with Crippen LogP contribution in [0.2, 0.25) is 0 Å². The van der Waals surface area contributed by atoms with Crippen LogP contribution in [-0.2, 0) is 22.5 Å². The molecular formula is C18H23NO4. The number of carbonyl (C=O) groups excluding carboxylic acids is 1. The van der Waals surface area contributed by atoms with E-state index in [1.54, 1.807) is 14.0 Å². The zero-order chi connectivity index (χ0) is 16.8. The van der Waals surface area contributed by atoms with E-state index in [9.17, 15) is 4.79 Å². The van der Waals surface area contributed by atoms with E-state index in [4.69, 9.17) is 14.2 Å². The van der Waals surface area contributed by atoms with E-state index < -0.39 is 0 Å². The molecule has 0 aromatic heterocycles. The number of fused-ring (bicyclic) bond motifs is 1. The number of rotatable bonds is 7. The quantitative estimate of drug-likeness (QED) is 0.440. The zero-order valence-electron chi connectivity index (χ0n) is 13.8. The minimum Gasteiger partial charge on any atom is -0.493 e. The molecule has 0 radical (unpaired) electrons. The van der Waals surface area contributed by atoms with Crippen molar-refractivity contribution < 1.29 is 19.0 Å². The molecule has 23 heavy (non-hydrogen) atoms. The van der Waals surface area contributed by atoms with Crippen molar-refractivity contribution in [3.8, 4) is 11.5 Å². The largest absolute Gasteiger partial charge is 0.493 e. The number of benzene rings is 1. The Hall–Kier alpha value is -2.27. The number of allylic oxidation sites excluding steroid dienone is 1. The van der Waals surface area contributed by atoms with Gasteiger partial charge in [-0.05, 0) is 25.0 Å². The Labute approximate surface area is 137 Å². The van der Waals surface area contributed by atoms with Gasteiger partial charge in [0.1, 0.15) is 13.3 Å². The van der Waals surface area contributed by atoms with Crippen LogP contribution in [0, 0.1) is 0 Å². The van der Waals surface area contributed by atoms with Gasteiger partial charge in [-0.1, -0.05) is 18.7 Å². The number of ether oxygens (including phenoxy) is 3. The van der Waals surface area contributed by atoms with E-state index in [-0.39, 0.29) is 5.97 Å². The summed E-state index contributed by atoms with van der Waals surface area (Å²) in [6.07, 6.45) is 2.64. The van der Waals surface area contributed by atoms with Crippen LogP contribution >= 0.6 is 0 Å². The Bertz CT molecular complexity index is 609. The lowest BCUT2D eigenvalue weighted by atomic mass is 10.0. The molecule has 0 N–H and O–H groups in total. The first-order valence-electron chi connectivity index (χ1n) is 7.53. The molecule has 1 heterocycles. The maximum atomic E-state index is 11.4. The maximum Gasteiger partial charge on any atom is 0.333 e. The molecule has 0 saturated heterocycles. The second kappa shape index (κ2) is 7.83. The highest BCUT2D eigenvalue weighted by atomic mass is 16.5. The Morgan fingerprint density at radius 1 is 1.48 bits per heavy atom. The average Bonchev–Trinajstić information content (AvgIpc) is 2.53. The van der Waals surface area contributed by atoms with Gasteiger partial charge in [0.2, 0.25) is 0 Å². The predicted octanol–water partition coefficient (Wildman–Crippen LogP) is 2.69. The van der Waals surface area contributed by atoms with Crippen molar-refractivity contribution in [2.45, 2.75) is 19.9 Å². The van der Waals surface area contributed by atoms with E-state index in [2.05, 4.69) is 24.1 Å². The lowest BCUT2D eigenvalue weighted by Gasteiger charge is -2.30. The van der Waals surface area contributed by atoms with Crippen molar-refractivity contribution >= 4 is 5.97 Å². The SMILES string of the molecule is C=CCc1cc2c(c(OC)c1)OCN(CCOC(=O)C(=C)C)C2. The molecule has 0 unspecified atom stereocenters. The number of methoxy groups -OCH3 is 1. The highest BCUT2D eigenvalue weighted by molar-refractivity contribution is 5.86. The molecule has 2 rings (SSSR count). The van der Waals surface area contributed by atoms with Gasteiger partial charge in [-0.25, -0.2) is 4.79 Å². The standard InChI is InChI=1S/C18H23NO4/c1-5-6-14-9-15-11-19(7-8-22-18(20)13(2)3)12-23-17(15)16(10-14)21-4/h5,9-10H,1-2,6-8,11-12H2,3-4H3. The van der Waals surface area contributed by atoms with Gasteiger partial charge in [0.05, 0.1) is 7.11 Å². The topological polar surface area (TPSA) is 48.0 Å². The summed E-state index contributed by atoms with van der Waals surface area (Å²) < 4.78 is 16.4. The fourth-order valence-corrected chi connectivity index (χ4v) is 2.42. The van der Waals surface area contributed by atoms with Gasteiger partial charge in [-0.3, -0.25) is 4.90 Å². The van der Waals surface area contributed by atoms with Gasteiger partial charge in [0.15, 0.2) is 11.5 Å². The molecule has 1 aromatic rings. The molecule has 0 atom stereocenters. The van der Waals surface area contributed by atoms with Crippen LogP contribution in [0.5, 0.6) is 11.5 Å². The summed E-state index contributed by atoms with van der Waals surface area (Å²) in [5, 5.41) is 0. The molecule has 0 fully saturated rings. The summed E-state index contributed by atoms with van der Waals surface area (Å²) >= 11 is 0. The Kier molecular flexibility index (Phi) is 5.82. The molecule has 0 amide bonds. The first kappa shape index (κ1) is 17.1. The van der Waals surface area contributed by atoms with E-state index >= 15 is 0 Å². The molecular weight excluding hydrogens is 294 g/mol. The predicted molar refractivity (Wildman–Crippen MR) is 88.6 cm³/mol. The maximum absolute atomic E-state index is 11.4. The second-order valence-corrected chi connectivity index (χ2v) is 5.52. The fourth-order valence-electron chi connectivity index (χ4n) is 2.42. The molecule has 0 aliphatic carbocycles. The first-order valence-corrected chi connectivity index (χ1v) is 7.53. The van der Waals surface area contributed by atoms with Crippen molar-refractivity contribution in [3.63, 3.8) is 0 Å². The molecule has 0 spiro atoms. The molecule has 0 saturated carbocycles. The molecule has 1 aromatic carbocycles. The molecule has 1 aliphatic rings. The van der Waals surface area contributed by atoms with Crippen molar-refractivity contribution in [1.29, 1.82) is 0 Å². The van der Waals surface area contributed by atoms with Crippen molar-refractivity contribution in [2.75, 3.05) is 27.0 Å². The minimum absolute atomic E-state index is 0.313. The Morgan fingerprint density at radius 2 is 2.26 bits per heavy atom. The number of nitrogens with zero attached hydrogens (tertiary/aromatic N) is 1. The summed E-state index contributed by atoms with van der Waals surface area (Å²) in [6, 6.07) is 4.08. The van der Waals surface area contributed by atoms with Crippen LogP contribution in [0.4, 0.5) is 0 Å². The van der Waals surface area contributed by atoms with Gasteiger partial charge in [-0.2, -0.15) is 0 Å². The lowest BCUT2D eigenvalue weighted by Crippen LogP contribution is -2.35. The minimum atomic E-state index is -0.363. The van der Waals surface area contributed by atoms with Gasteiger partial charge in [0.25, 0.3) is 0 Å². The van der Waals surface area contributed by atoms with E-state index in [1.165, 1.54) is 0 Å². The van der Waals surface area contributed by atoms with Crippen LogP contribution in [0.15, 0.2) is 36.9 Å². The third-order valence-electron chi connectivity index (χ3n) is 3.57. The highest BCUT2D eigenvalue weighted by Crippen LogP contribution is 2.36. The van der Waals surface area contributed by atoms with Gasteiger partial charge in [0, 0.05) is 24.2 Å². The molecule has 0 bridgehead atoms. The molecule has 1 aliphatic heterocycles. The van der Waals surface area contributed by atoms with Crippen LogP contribution < -0.4 is 9.47 Å². The van der Waals surface area contributed by atoms with Crippen LogP contribution in [0.1, 0.15) is 18.1 Å². The van der Waals surface area contributed by atoms with Crippen LogP contribution in [0.3, 0.4) is 0 Å². The lowest BCUT2D eigenvalue weighted by molar-refractivity contribution is -0.139. The number of esters is 1. The van der Waals surface area contributed by atoms with Gasteiger partial charge < -0.3 is 14.2 Å². The van der Waals surface area contributed by atoms with Crippen LogP contribution in [0.25, 0.3) is 0 Å². The van der Waals surface area contributed by atoms with Crippen molar-refractivity contribution in [3.05, 3.63) is 48.1 Å². The molecule has 124 valence electrons. The highest BCUT2D eigenvalue weighted by Gasteiger charge is 2.21. The molecule has 5 nitrogen and oxygen atoms in total. The molecule has 5 heteroatoms. The van der Waals surface area contributed by atoms with Crippen molar-refractivity contribution in [2.24, 2.45) is 0 Å². The monoisotopic (exact) mass is 317 g/mol. The van der Waals surface area contributed by atoms with Crippen LogP contribution in [-0.4, -0.2) is 37.9 Å². The number of hydrogen-bond acceptors (Lipinski definition) is 5. The smallest absolute Gasteiger partial charge is 0.333 e. The summed E-state index contributed by atoms with van der Waals surface area (Å²) in [6.45, 7) is 11.0. The normalized spacial score (nSPS) is 13.7. The van der Waals surface area contributed by atoms with E-state index in [0.717, 1.165) is 35.6 Å². The summed E-state index contributed by atoms with van der Waals surface area (Å²) in [5.74, 6) is 1.17. The number of hydrogen-bond donors (Lipinski definition) is 0. The first-order chi connectivity index (χ1) is 11.0. The Balaban J connectivity index is 2.01. The summed E-state index contributed by atoms with van der Waals surface area (Å²) in [5.41, 5.74) is 2.61. The third-order valence-corrected chi connectivity index (χ3v) is 3.57. The van der Waals surface area contributed by atoms with E-state index in [0.29, 0.717) is 25.5 Å². The van der Waals surface area contributed by atoms with Crippen molar-refractivity contribution in [1.82, 2.24) is 4.90 Å². The fraction of sp³-hybridized carbons (Fsp3) is 0.389. The van der Waals surface area contributed by atoms with E-state index in [1.807, 2.05) is 12.1 Å².